The number of phenols is 1. The molecule has 22 heavy (non-hydrogen) atoms. The molecule has 0 fully saturated rings. The maximum atomic E-state index is 10.9. The number of hydrogen-bond donors (Lipinski definition) is 4. The molecule has 0 atom stereocenters. The Kier molecular flexibility index (Phi) is 15.0. The number of unbranched alkanes of at least 4 members (excludes halogenated alkanes) is 3. The maximum absolute atomic E-state index is 10.9. The Morgan fingerprint density at radius 3 is 2.41 bits per heavy atom. The highest BCUT2D eigenvalue weighted by Gasteiger charge is 2.09. The lowest BCUT2D eigenvalue weighted by atomic mass is 10.1. The van der Waals surface area contributed by atoms with Crippen LogP contribution in [0.1, 0.15) is 41.6 Å². The third-order valence-electron chi connectivity index (χ3n) is 3.19. The minimum Gasteiger partial charge on any atom is -0.507 e. The van der Waals surface area contributed by atoms with Crippen molar-refractivity contribution in [2.75, 3.05) is 19.6 Å². The minimum atomic E-state index is -1.10. The van der Waals surface area contributed by atoms with Gasteiger partial charge in [-0.25, -0.2) is 4.79 Å². The molecule has 1 aromatic carbocycles. The first-order valence-corrected chi connectivity index (χ1v) is 7.11. The first-order valence-electron chi connectivity index (χ1n) is 7.11. The van der Waals surface area contributed by atoms with Gasteiger partial charge < -0.3 is 21.3 Å². The summed E-state index contributed by atoms with van der Waals surface area (Å²) < 4.78 is 0. The Bertz CT molecular complexity index is 431. The number of rotatable bonds is 10. The number of carbonyl (C=O) groups is 1. The summed E-state index contributed by atoms with van der Waals surface area (Å²) in [4.78, 5) is 10.9. The number of carboxylic acids is 1. The first kappa shape index (κ1) is 23.6. The highest BCUT2D eigenvalue weighted by molar-refractivity contribution is 8.93. The van der Waals surface area contributed by atoms with Crippen molar-refractivity contribution in [2.45, 2.75) is 32.1 Å². The predicted molar refractivity (Wildman–Crippen MR) is 99.8 cm³/mol. The quantitative estimate of drug-likeness (QED) is 0.418. The van der Waals surface area contributed by atoms with Crippen molar-refractivity contribution in [3.8, 4) is 5.75 Å². The molecule has 1 rings (SSSR count). The number of nitrogens with one attached hydrogen (secondary N) is 1. The van der Waals surface area contributed by atoms with Crippen LogP contribution in [0, 0.1) is 0 Å². The SMILES string of the molecule is Br.Br.NCCCCCCNCCc1ccc(O)c(C(=O)O)c1. The lowest BCUT2D eigenvalue weighted by molar-refractivity contribution is 0.0693. The highest BCUT2D eigenvalue weighted by Crippen LogP contribution is 2.18. The molecule has 0 aliphatic heterocycles. The van der Waals surface area contributed by atoms with Crippen LogP contribution in [-0.2, 0) is 6.42 Å². The molecule has 0 spiro atoms. The fourth-order valence-electron chi connectivity index (χ4n) is 2.02. The second-order valence-corrected chi connectivity index (χ2v) is 4.86. The number of hydrogen-bond acceptors (Lipinski definition) is 4. The van der Waals surface area contributed by atoms with Gasteiger partial charge in [-0.3, -0.25) is 0 Å². The first-order chi connectivity index (χ1) is 9.65. The monoisotopic (exact) mass is 440 g/mol. The summed E-state index contributed by atoms with van der Waals surface area (Å²) in [5, 5.41) is 21.7. The molecule has 0 aliphatic rings. The molecule has 0 aromatic heterocycles. The second-order valence-electron chi connectivity index (χ2n) is 4.86. The lowest BCUT2D eigenvalue weighted by Crippen LogP contribution is -2.18. The van der Waals surface area contributed by atoms with Gasteiger partial charge >= 0.3 is 5.97 Å². The van der Waals surface area contributed by atoms with Crippen LogP contribution in [0.15, 0.2) is 18.2 Å². The van der Waals surface area contributed by atoms with Crippen molar-refractivity contribution < 1.29 is 15.0 Å². The molecule has 0 heterocycles. The molecular weight excluding hydrogens is 416 g/mol. The van der Waals surface area contributed by atoms with E-state index in [4.69, 9.17) is 10.8 Å². The number of nitrogens with two attached hydrogens (primary N) is 1. The number of halogens is 2. The summed E-state index contributed by atoms with van der Waals surface area (Å²) in [6.45, 7) is 2.54. The van der Waals surface area contributed by atoms with Crippen LogP contribution in [0.25, 0.3) is 0 Å². The topological polar surface area (TPSA) is 95.6 Å². The standard InChI is InChI=1S/C15H24N2O3.2BrH/c16-8-3-1-2-4-9-17-10-7-12-5-6-14(18)13(11-12)15(19)20;;/h5-6,11,17-18H,1-4,7-10,16H2,(H,19,20);2*1H. The van der Waals surface area contributed by atoms with Crippen LogP contribution in [0.3, 0.4) is 0 Å². The molecule has 128 valence electrons. The van der Waals surface area contributed by atoms with Crippen molar-refractivity contribution in [1.82, 2.24) is 5.32 Å². The van der Waals surface area contributed by atoms with Crippen LogP contribution in [-0.4, -0.2) is 35.8 Å². The van der Waals surface area contributed by atoms with Crippen molar-refractivity contribution in [1.29, 1.82) is 0 Å². The number of aromatic carboxylic acids is 1. The van der Waals surface area contributed by atoms with Crippen molar-refractivity contribution in [3.05, 3.63) is 29.3 Å². The van der Waals surface area contributed by atoms with Crippen molar-refractivity contribution in [2.24, 2.45) is 5.73 Å². The Morgan fingerprint density at radius 2 is 1.77 bits per heavy atom. The van der Waals surface area contributed by atoms with Crippen molar-refractivity contribution in [3.63, 3.8) is 0 Å². The molecule has 0 saturated heterocycles. The van der Waals surface area contributed by atoms with E-state index in [2.05, 4.69) is 5.32 Å². The van der Waals surface area contributed by atoms with E-state index in [0.29, 0.717) is 0 Å². The molecule has 7 heteroatoms. The van der Waals surface area contributed by atoms with Crippen LogP contribution in [0.5, 0.6) is 5.75 Å². The van der Waals surface area contributed by atoms with Gasteiger partial charge in [0.25, 0.3) is 0 Å². The fourth-order valence-corrected chi connectivity index (χ4v) is 2.02. The summed E-state index contributed by atoms with van der Waals surface area (Å²) in [7, 11) is 0. The predicted octanol–water partition coefficient (Wildman–Crippen LogP) is 2.90. The van der Waals surface area contributed by atoms with E-state index < -0.39 is 5.97 Å². The van der Waals surface area contributed by atoms with Gasteiger partial charge in [0.1, 0.15) is 11.3 Å². The van der Waals surface area contributed by atoms with E-state index in [1.54, 1.807) is 6.07 Å². The van der Waals surface area contributed by atoms with E-state index >= 15 is 0 Å². The van der Waals surface area contributed by atoms with E-state index in [-0.39, 0.29) is 45.3 Å². The van der Waals surface area contributed by atoms with Gasteiger partial charge in [0.2, 0.25) is 0 Å². The average molecular weight is 442 g/mol. The summed E-state index contributed by atoms with van der Waals surface area (Å²) in [6, 6.07) is 4.72. The molecule has 5 nitrogen and oxygen atoms in total. The molecule has 1 aromatic rings. The third-order valence-corrected chi connectivity index (χ3v) is 3.19. The summed E-state index contributed by atoms with van der Waals surface area (Å²) in [5.41, 5.74) is 6.30. The van der Waals surface area contributed by atoms with Gasteiger partial charge in [0, 0.05) is 0 Å². The zero-order valence-electron chi connectivity index (χ0n) is 12.6. The van der Waals surface area contributed by atoms with Crippen molar-refractivity contribution >= 4 is 39.9 Å². The fraction of sp³-hybridized carbons (Fsp3) is 0.533. The van der Waals surface area contributed by atoms with E-state index in [9.17, 15) is 9.90 Å². The summed E-state index contributed by atoms with van der Waals surface area (Å²) in [6.07, 6.45) is 5.34. The van der Waals surface area contributed by atoms with E-state index in [1.807, 2.05) is 0 Å². The van der Waals surface area contributed by atoms with Gasteiger partial charge in [-0.1, -0.05) is 18.9 Å². The van der Waals surface area contributed by atoms with Gasteiger partial charge in [0.05, 0.1) is 0 Å². The highest BCUT2D eigenvalue weighted by atomic mass is 79.9. The average Bonchev–Trinajstić information content (AvgIpc) is 2.43. The van der Waals surface area contributed by atoms with Gasteiger partial charge in [0.15, 0.2) is 0 Å². The van der Waals surface area contributed by atoms with Crippen LogP contribution in [0.4, 0.5) is 0 Å². The smallest absolute Gasteiger partial charge is 0.339 e. The van der Waals surface area contributed by atoms with Crippen LogP contribution >= 0.6 is 34.0 Å². The van der Waals surface area contributed by atoms with E-state index in [1.165, 1.54) is 25.0 Å². The lowest BCUT2D eigenvalue weighted by Gasteiger charge is -2.06. The van der Waals surface area contributed by atoms with Gasteiger partial charge in [-0.2, -0.15) is 0 Å². The zero-order chi connectivity index (χ0) is 14.8. The Balaban J connectivity index is 0. The molecule has 0 unspecified atom stereocenters. The molecule has 0 bridgehead atoms. The van der Waals surface area contributed by atoms with Gasteiger partial charge in [-0.05, 0) is 56.6 Å². The second kappa shape index (κ2) is 14.0. The molecule has 0 aliphatic carbocycles. The largest absolute Gasteiger partial charge is 0.507 e. The Labute approximate surface area is 152 Å². The van der Waals surface area contributed by atoms with Gasteiger partial charge in [-0.15, -0.1) is 34.0 Å². The number of aromatic hydroxyl groups is 1. The summed E-state index contributed by atoms with van der Waals surface area (Å²) >= 11 is 0. The van der Waals surface area contributed by atoms with Crippen LogP contribution < -0.4 is 11.1 Å². The maximum Gasteiger partial charge on any atom is 0.339 e. The Morgan fingerprint density at radius 1 is 1.09 bits per heavy atom. The Hall–Kier alpha value is -0.630. The van der Waals surface area contributed by atoms with E-state index in [0.717, 1.165) is 44.5 Å². The minimum absolute atomic E-state index is 0. The molecule has 5 N–H and O–H groups in total. The molecular formula is C15H26Br2N2O3. The zero-order valence-corrected chi connectivity index (χ0v) is 16.0. The third kappa shape index (κ3) is 9.40. The molecule has 0 radical (unpaired) electrons. The molecule has 0 amide bonds. The number of benzene rings is 1. The molecule has 0 saturated carbocycles. The van der Waals surface area contributed by atoms with Crippen LogP contribution in [0.2, 0.25) is 0 Å². The normalized spacial score (nSPS) is 9.68. The number of carboxylic acid groups (broad SMARTS) is 1. The summed E-state index contributed by atoms with van der Waals surface area (Å²) in [5.74, 6) is -1.29.